The highest BCUT2D eigenvalue weighted by molar-refractivity contribution is 14.0. The minimum Gasteiger partial charge on any atom is -0.444 e. The highest BCUT2D eigenvalue weighted by Gasteiger charge is 2.15. The zero-order chi connectivity index (χ0) is 19.6. The summed E-state index contributed by atoms with van der Waals surface area (Å²) in [6.45, 7) is 9.13. The van der Waals surface area contributed by atoms with Gasteiger partial charge in [0.25, 0.3) is 5.69 Å². The molecule has 0 spiro atoms. The first-order chi connectivity index (χ1) is 12.2. The summed E-state index contributed by atoms with van der Waals surface area (Å²) in [4.78, 5) is 26.3. The molecule has 10 heteroatoms. The summed E-state index contributed by atoms with van der Waals surface area (Å²) in [7, 11) is 0. The Morgan fingerprint density at radius 3 is 2.48 bits per heavy atom. The number of benzene rings is 1. The molecule has 1 amide bonds. The predicted octanol–water partition coefficient (Wildman–Crippen LogP) is 2.79. The lowest BCUT2D eigenvalue weighted by atomic mass is 10.2. The lowest BCUT2D eigenvalue weighted by Crippen LogP contribution is -2.42. The molecule has 1 rings (SSSR count). The second-order valence-corrected chi connectivity index (χ2v) is 6.48. The van der Waals surface area contributed by atoms with E-state index in [0.29, 0.717) is 32.1 Å². The van der Waals surface area contributed by atoms with Crippen molar-refractivity contribution >= 4 is 41.7 Å². The van der Waals surface area contributed by atoms with Crippen LogP contribution in [0.5, 0.6) is 0 Å². The average Bonchev–Trinajstić information content (AvgIpc) is 2.55. The van der Waals surface area contributed by atoms with Crippen molar-refractivity contribution in [2.24, 2.45) is 4.99 Å². The van der Waals surface area contributed by atoms with E-state index in [1.165, 1.54) is 12.1 Å². The molecule has 9 nitrogen and oxygen atoms in total. The van der Waals surface area contributed by atoms with Crippen LogP contribution < -0.4 is 16.0 Å². The Morgan fingerprint density at radius 1 is 1.22 bits per heavy atom. The Labute approximate surface area is 176 Å². The number of guanidine groups is 1. The second kappa shape index (κ2) is 12.3. The van der Waals surface area contributed by atoms with Crippen LogP contribution in [0, 0.1) is 10.1 Å². The molecule has 0 aromatic heterocycles. The number of carbonyl (C=O) groups excluding carboxylic acids is 1. The number of aliphatic imine (C=N–C) groups is 1. The number of nitrogens with one attached hydrogen (secondary N) is 3. The molecule has 0 unspecified atom stereocenters. The van der Waals surface area contributed by atoms with Gasteiger partial charge in [-0.25, -0.2) is 9.79 Å². The Hall–Kier alpha value is -2.11. The Balaban J connectivity index is 0.00000676. The summed E-state index contributed by atoms with van der Waals surface area (Å²) in [5.41, 5.74) is 0.243. The summed E-state index contributed by atoms with van der Waals surface area (Å²) < 4.78 is 5.15. The molecular formula is C17H28IN5O4. The second-order valence-electron chi connectivity index (χ2n) is 6.48. The average molecular weight is 493 g/mol. The van der Waals surface area contributed by atoms with E-state index in [9.17, 15) is 14.9 Å². The molecule has 0 radical (unpaired) electrons. The van der Waals surface area contributed by atoms with Gasteiger partial charge in [-0.2, -0.15) is 0 Å². The largest absolute Gasteiger partial charge is 0.444 e. The minimum absolute atomic E-state index is 0. The van der Waals surface area contributed by atoms with Crippen LogP contribution >= 0.6 is 24.0 Å². The molecule has 0 atom stereocenters. The van der Waals surface area contributed by atoms with Gasteiger partial charge in [0.15, 0.2) is 5.96 Å². The quantitative estimate of drug-likeness (QED) is 0.134. The van der Waals surface area contributed by atoms with Gasteiger partial charge in [-0.15, -0.1) is 24.0 Å². The van der Waals surface area contributed by atoms with Gasteiger partial charge in [-0.05, 0) is 33.3 Å². The summed E-state index contributed by atoms with van der Waals surface area (Å²) in [6, 6.07) is 6.36. The van der Waals surface area contributed by atoms with E-state index in [2.05, 4.69) is 20.9 Å². The maximum Gasteiger partial charge on any atom is 0.407 e. The number of ether oxygens (including phenoxy) is 1. The van der Waals surface area contributed by atoms with Crippen molar-refractivity contribution in [1.82, 2.24) is 16.0 Å². The van der Waals surface area contributed by atoms with Crippen LogP contribution in [0.2, 0.25) is 0 Å². The molecule has 152 valence electrons. The smallest absolute Gasteiger partial charge is 0.407 e. The number of amides is 1. The summed E-state index contributed by atoms with van der Waals surface area (Å²) in [5, 5.41) is 19.6. The van der Waals surface area contributed by atoms with E-state index < -0.39 is 16.6 Å². The Kier molecular flexibility index (Phi) is 11.3. The molecule has 0 saturated carbocycles. The van der Waals surface area contributed by atoms with Gasteiger partial charge in [0, 0.05) is 31.8 Å². The molecule has 0 aliphatic rings. The van der Waals surface area contributed by atoms with Crippen LogP contribution in [-0.4, -0.2) is 42.2 Å². The molecule has 27 heavy (non-hydrogen) atoms. The number of hydrogen-bond donors (Lipinski definition) is 3. The van der Waals surface area contributed by atoms with Crippen LogP contribution in [0.25, 0.3) is 0 Å². The molecule has 0 bridgehead atoms. The minimum atomic E-state index is -0.536. The maximum atomic E-state index is 11.6. The number of non-ortho nitro benzene ring substituents is 1. The topological polar surface area (TPSA) is 118 Å². The van der Waals surface area contributed by atoms with Crippen molar-refractivity contribution in [3.63, 3.8) is 0 Å². The fraction of sp³-hybridized carbons (Fsp3) is 0.529. The number of nitro benzene ring substituents is 1. The predicted molar refractivity (Wildman–Crippen MR) is 116 cm³/mol. The zero-order valence-electron chi connectivity index (χ0n) is 16.1. The normalized spacial score (nSPS) is 11.2. The molecule has 0 fully saturated rings. The number of carbonyl (C=O) groups is 1. The molecule has 0 saturated heterocycles. The van der Waals surface area contributed by atoms with Gasteiger partial charge in [0.1, 0.15) is 5.60 Å². The van der Waals surface area contributed by atoms with Crippen molar-refractivity contribution in [2.75, 3.05) is 19.6 Å². The summed E-state index contributed by atoms with van der Waals surface area (Å²) in [5.74, 6) is 0.560. The van der Waals surface area contributed by atoms with Crippen molar-refractivity contribution in [2.45, 2.75) is 39.8 Å². The Morgan fingerprint density at radius 2 is 1.89 bits per heavy atom. The highest BCUT2D eigenvalue weighted by Crippen LogP contribution is 2.13. The van der Waals surface area contributed by atoms with Crippen LogP contribution in [0.4, 0.5) is 10.5 Å². The first kappa shape index (κ1) is 24.9. The summed E-state index contributed by atoms with van der Waals surface area (Å²) in [6.07, 6.45) is -0.474. The molecule has 3 N–H and O–H groups in total. The van der Waals surface area contributed by atoms with Gasteiger partial charge < -0.3 is 20.7 Å². The standard InChI is InChI=1S/C17H27N5O4.HI/c1-5-18-15(19-9-10-20-16(23)26-17(2,3)4)21-12-13-7-6-8-14(11-13)22(24)25;/h6-8,11H,5,9-10,12H2,1-4H3,(H,20,23)(H2,18,19,21);1H. The van der Waals surface area contributed by atoms with Crippen molar-refractivity contribution in [3.05, 3.63) is 39.9 Å². The first-order valence-electron chi connectivity index (χ1n) is 8.43. The Bertz CT molecular complexity index is 646. The fourth-order valence-electron chi connectivity index (χ4n) is 1.94. The van der Waals surface area contributed by atoms with E-state index in [1.54, 1.807) is 32.9 Å². The molecule has 0 aliphatic carbocycles. The van der Waals surface area contributed by atoms with Crippen molar-refractivity contribution in [1.29, 1.82) is 0 Å². The van der Waals surface area contributed by atoms with E-state index in [0.717, 1.165) is 5.56 Å². The van der Waals surface area contributed by atoms with Gasteiger partial charge in [-0.3, -0.25) is 10.1 Å². The van der Waals surface area contributed by atoms with Crippen LogP contribution in [0.1, 0.15) is 33.3 Å². The fourth-order valence-corrected chi connectivity index (χ4v) is 1.94. The number of nitro groups is 1. The van der Waals surface area contributed by atoms with E-state index in [1.807, 2.05) is 6.92 Å². The molecule has 1 aromatic rings. The van der Waals surface area contributed by atoms with Crippen molar-refractivity contribution < 1.29 is 14.5 Å². The number of halogens is 1. The number of alkyl carbamates (subject to hydrolysis) is 1. The van der Waals surface area contributed by atoms with Crippen molar-refractivity contribution in [3.8, 4) is 0 Å². The van der Waals surface area contributed by atoms with Gasteiger partial charge >= 0.3 is 6.09 Å². The number of rotatable bonds is 7. The highest BCUT2D eigenvalue weighted by atomic mass is 127. The lowest BCUT2D eigenvalue weighted by molar-refractivity contribution is -0.384. The molecule has 0 aliphatic heterocycles. The molecule has 0 heterocycles. The molecular weight excluding hydrogens is 465 g/mol. The molecule has 1 aromatic carbocycles. The van der Waals surface area contributed by atoms with Crippen LogP contribution in [0.3, 0.4) is 0 Å². The van der Waals surface area contributed by atoms with E-state index >= 15 is 0 Å². The van der Waals surface area contributed by atoms with Gasteiger partial charge in [-0.1, -0.05) is 12.1 Å². The third kappa shape index (κ3) is 11.3. The van der Waals surface area contributed by atoms with Gasteiger partial charge in [0.05, 0.1) is 11.5 Å². The van der Waals surface area contributed by atoms with E-state index in [4.69, 9.17) is 4.74 Å². The van der Waals surface area contributed by atoms with Crippen LogP contribution in [0.15, 0.2) is 29.3 Å². The summed E-state index contributed by atoms with van der Waals surface area (Å²) >= 11 is 0. The number of hydrogen-bond acceptors (Lipinski definition) is 5. The zero-order valence-corrected chi connectivity index (χ0v) is 18.4. The maximum absolute atomic E-state index is 11.6. The van der Waals surface area contributed by atoms with Crippen LogP contribution in [-0.2, 0) is 11.3 Å². The third-order valence-electron chi connectivity index (χ3n) is 2.97. The SMILES string of the molecule is CCNC(=NCc1cccc([N+](=O)[O-])c1)NCCNC(=O)OC(C)(C)C.I. The third-order valence-corrected chi connectivity index (χ3v) is 2.97. The van der Waals surface area contributed by atoms with Gasteiger partial charge in [0.2, 0.25) is 0 Å². The lowest BCUT2D eigenvalue weighted by Gasteiger charge is -2.19. The van der Waals surface area contributed by atoms with E-state index in [-0.39, 0.29) is 29.7 Å². The monoisotopic (exact) mass is 493 g/mol. The first-order valence-corrected chi connectivity index (χ1v) is 8.43. The number of nitrogens with zero attached hydrogens (tertiary/aromatic N) is 2.